The Morgan fingerprint density at radius 2 is 1.37 bits per heavy atom. The molecule has 5 aliphatic heterocycles. The molecule has 0 bridgehead atoms. The van der Waals surface area contributed by atoms with E-state index in [9.17, 15) is 55.9 Å². The highest BCUT2D eigenvalue weighted by molar-refractivity contribution is 5.83. The molecule has 0 radical (unpaired) electrons. The molecule has 19 nitrogen and oxygen atoms in total. The van der Waals surface area contributed by atoms with Crippen molar-refractivity contribution in [3.63, 3.8) is 0 Å². The second kappa shape index (κ2) is 17.5. The van der Waals surface area contributed by atoms with Crippen LogP contribution in [0.1, 0.15) is 79.1 Å². The molecule has 1 spiro atoms. The Labute approximate surface area is 366 Å². The highest BCUT2D eigenvalue weighted by Gasteiger charge is 2.70. The summed E-state index contributed by atoms with van der Waals surface area (Å²) >= 11 is 0. The molecule has 360 valence electrons. The number of ether oxygens (including phenoxy) is 8. The van der Waals surface area contributed by atoms with E-state index in [2.05, 4.69) is 20.8 Å². The molecule has 9 fully saturated rings. The van der Waals surface area contributed by atoms with Gasteiger partial charge < -0.3 is 89.0 Å². The number of carbonyl (C=O) groups excluding carboxylic acids is 1. The fraction of sp³-hybridized carbons (Fsp3) is 0.977. The van der Waals surface area contributed by atoms with Crippen molar-refractivity contribution in [2.24, 2.45) is 52.3 Å². The van der Waals surface area contributed by atoms with Crippen LogP contribution in [0.5, 0.6) is 0 Å². The Balaban J connectivity index is 0.832. The molecule has 9 aliphatic rings. The summed E-state index contributed by atoms with van der Waals surface area (Å²) in [7, 11) is 0. The maximum atomic E-state index is 14.4. The van der Waals surface area contributed by atoms with E-state index in [1.807, 2.05) is 6.92 Å². The van der Waals surface area contributed by atoms with Gasteiger partial charge in [-0.1, -0.05) is 27.7 Å². The predicted molar refractivity (Wildman–Crippen MR) is 211 cm³/mol. The van der Waals surface area contributed by atoms with E-state index in [1.54, 1.807) is 0 Å². The monoisotopic (exact) mass is 902 g/mol. The molecule has 0 aromatic carbocycles. The summed E-state index contributed by atoms with van der Waals surface area (Å²) in [5.74, 6) is -0.228. The Bertz CT molecular complexity index is 1640. The molecule has 0 unspecified atom stereocenters. The van der Waals surface area contributed by atoms with Crippen molar-refractivity contribution in [2.75, 3.05) is 26.4 Å². The maximum absolute atomic E-state index is 14.4. The van der Waals surface area contributed by atoms with Crippen LogP contribution in [0.15, 0.2) is 0 Å². The first-order valence-electron chi connectivity index (χ1n) is 23.2. The fourth-order valence-corrected chi connectivity index (χ4v) is 14.1. The zero-order chi connectivity index (χ0) is 45.1. The van der Waals surface area contributed by atoms with Crippen LogP contribution in [0.25, 0.3) is 0 Å². The zero-order valence-corrected chi connectivity index (χ0v) is 36.5. The Hall–Kier alpha value is -1.05. The average Bonchev–Trinajstić information content (AvgIpc) is 3.70. The van der Waals surface area contributed by atoms with Crippen LogP contribution < -0.4 is 0 Å². The number of ketones is 1. The molecule has 0 aromatic heterocycles. The number of aliphatic hydroxyl groups excluding tert-OH is 10. The summed E-state index contributed by atoms with van der Waals surface area (Å²) in [6.07, 6.45) is -15.6. The van der Waals surface area contributed by atoms with E-state index in [4.69, 9.17) is 37.9 Å². The second-order valence-corrected chi connectivity index (χ2v) is 21.2. The Morgan fingerprint density at radius 1 is 0.714 bits per heavy atom. The predicted octanol–water partition coefficient (Wildman–Crippen LogP) is -1.94. The lowest BCUT2D eigenvalue weighted by Gasteiger charge is -2.60. The van der Waals surface area contributed by atoms with Crippen molar-refractivity contribution in [1.82, 2.24) is 0 Å². The number of hydrogen-bond donors (Lipinski definition) is 10. The molecule has 0 amide bonds. The second-order valence-electron chi connectivity index (χ2n) is 21.2. The summed E-state index contributed by atoms with van der Waals surface area (Å²) in [5, 5.41) is 104. The van der Waals surface area contributed by atoms with Crippen molar-refractivity contribution >= 4 is 5.78 Å². The molecule has 4 saturated carbocycles. The first-order chi connectivity index (χ1) is 29.8. The quantitative estimate of drug-likeness (QED) is 0.119. The van der Waals surface area contributed by atoms with Crippen LogP contribution in [-0.2, 0) is 42.7 Å². The number of aliphatic hydroxyl groups is 10. The molecule has 4 aliphatic carbocycles. The van der Waals surface area contributed by atoms with Crippen LogP contribution in [0.4, 0.5) is 0 Å². The van der Waals surface area contributed by atoms with E-state index in [-0.39, 0.29) is 71.4 Å². The third-order valence-corrected chi connectivity index (χ3v) is 17.8. The van der Waals surface area contributed by atoms with Gasteiger partial charge in [-0.3, -0.25) is 4.79 Å². The van der Waals surface area contributed by atoms with Gasteiger partial charge in [-0.25, -0.2) is 0 Å². The number of Topliss-reactive ketones (excluding diaryl/α,β-unsaturated/α-hetero) is 1. The van der Waals surface area contributed by atoms with Crippen LogP contribution >= 0.6 is 0 Å². The summed E-state index contributed by atoms with van der Waals surface area (Å²) in [6.45, 7) is 7.91. The summed E-state index contributed by atoms with van der Waals surface area (Å²) in [5.41, 5.74) is -0.387. The molecule has 27 atom stereocenters. The van der Waals surface area contributed by atoms with Gasteiger partial charge in [-0.15, -0.1) is 0 Å². The van der Waals surface area contributed by atoms with Gasteiger partial charge in [-0.05, 0) is 73.0 Å². The molecular formula is C44H70O19. The van der Waals surface area contributed by atoms with Crippen molar-refractivity contribution in [2.45, 2.75) is 189 Å². The van der Waals surface area contributed by atoms with Crippen molar-refractivity contribution < 1.29 is 93.8 Å². The maximum Gasteiger partial charge on any atom is 0.186 e. The van der Waals surface area contributed by atoms with Gasteiger partial charge in [0.15, 0.2) is 24.7 Å². The van der Waals surface area contributed by atoms with Gasteiger partial charge in [-0.2, -0.15) is 0 Å². The molecule has 5 saturated heterocycles. The van der Waals surface area contributed by atoms with Crippen LogP contribution in [0, 0.1) is 52.3 Å². The van der Waals surface area contributed by atoms with Gasteiger partial charge in [0.05, 0.1) is 44.7 Å². The fourth-order valence-electron chi connectivity index (χ4n) is 14.1. The molecule has 63 heavy (non-hydrogen) atoms. The van der Waals surface area contributed by atoms with Crippen molar-refractivity contribution in [3.05, 3.63) is 0 Å². The van der Waals surface area contributed by atoms with Gasteiger partial charge in [0.1, 0.15) is 72.9 Å². The Morgan fingerprint density at radius 3 is 2.08 bits per heavy atom. The van der Waals surface area contributed by atoms with E-state index < -0.39 is 111 Å². The van der Waals surface area contributed by atoms with Crippen LogP contribution in [0.3, 0.4) is 0 Å². The normalized spacial score (nSPS) is 58.2. The number of carbonyl (C=O) groups is 1. The standard InChI is InChI=1S/C44H70O19/c1-17-14-58-44(12-27(17)60-41-38(55)34(51)32(49)28(13-45)61-41)18(2)30-26(63-44)11-22-20-10-24(46)23-9-19(5-7-42(23,3)21(20)6-8-43(22,30)4)59-40-37(54)35(52)33(50)29(62-40)16-57-39-36(53)31(48)25(47)15-56-39/h17-23,25-41,45,47-55H,5-16H2,1-4H3/t17-,18-,19+,20-,21+,22+,23-,25-,26-,27-,28-,29-,30-,31+,32-,33-,34+,35+,36-,37-,38-,39+,40-,41-,42-,43-,44+/m0/s1. The van der Waals surface area contributed by atoms with Gasteiger partial charge in [0, 0.05) is 30.6 Å². The lowest BCUT2D eigenvalue weighted by Crippen LogP contribution is -2.61. The van der Waals surface area contributed by atoms with E-state index in [0.717, 1.165) is 25.7 Å². The lowest BCUT2D eigenvalue weighted by molar-refractivity contribution is -0.344. The van der Waals surface area contributed by atoms with E-state index >= 15 is 0 Å². The van der Waals surface area contributed by atoms with Gasteiger partial charge >= 0.3 is 0 Å². The minimum Gasteiger partial charge on any atom is -0.394 e. The third-order valence-electron chi connectivity index (χ3n) is 17.8. The van der Waals surface area contributed by atoms with Crippen LogP contribution in [-0.4, -0.2) is 193 Å². The molecule has 0 aromatic rings. The Kier molecular flexibility index (Phi) is 13.0. The lowest BCUT2D eigenvalue weighted by atomic mass is 9.44. The topological polar surface area (TPSA) is 293 Å². The molecule has 19 heteroatoms. The average molecular weight is 903 g/mol. The zero-order valence-electron chi connectivity index (χ0n) is 36.5. The van der Waals surface area contributed by atoms with Crippen molar-refractivity contribution in [3.8, 4) is 0 Å². The summed E-state index contributed by atoms with van der Waals surface area (Å²) in [4.78, 5) is 14.4. The SMILES string of the molecule is C[C@H]1CO[C@]2(C[C@@H]1O[C@H]1O[C@@H](CO)[C@H](O)[C@@H](O)[C@@H]1O)O[C@H]1C[C@@H]3[C@H]4CC(=O)[C@@H]5C[C@H](O[C@H]6O[C@@H](CO[C@H]7OC[C@H](O)[C@@H](O)[C@@H]7O)[C@H](O)[C@@H](O)[C@@H]6O)CC[C@@]5(C)[C@@H]4CC[C@]3(C)[C@H]1[C@@H]2C. The molecule has 10 N–H and O–H groups in total. The smallest absolute Gasteiger partial charge is 0.186 e. The first kappa shape index (κ1) is 47.0. The third kappa shape index (κ3) is 7.78. The summed E-state index contributed by atoms with van der Waals surface area (Å²) < 4.78 is 48.7. The number of rotatable bonds is 8. The number of fused-ring (bicyclic) bond motifs is 7. The molecule has 5 heterocycles. The minimum atomic E-state index is -1.64. The van der Waals surface area contributed by atoms with Gasteiger partial charge in [0.25, 0.3) is 0 Å². The highest BCUT2D eigenvalue weighted by Crippen LogP contribution is 2.71. The largest absolute Gasteiger partial charge is 0.394 e. The summed E-state index contributed by atoms with van der Waals surface area (Å²) in [6, 6.07) is 0. The van der Waals surface area contributed by atoms with E-state index in [0.29, 0.717) is 38.2 Å². The van der Waals surface area contributed by atoms with Crippen LogP contribution in [0.2, 0.25) is 0 Å². The van der Waals surface area contributed by atoms with Gasteiger partial charge in [0.2, 0.25) is 0 Å². The molecule has 9 rings (SSSR count). The van der Waals surface area contributed by atoms with E-state index in [1.165, 1.54) is 0 Å². The molecular weight excluding hydrogens is 832 g/mol. The highest BCUT2D eigenvalue weighted by atomic mass is 16.7. The first-order valence-corrected chi connectivity index (χ1v) is 23.2. The minimum absolute atomic E-state index is 0.0186. The van der Waals surface area contributed by atoms with Crippen molar-refractivity contribution in [1.29, 1.82) is 0 Å². The number of hydrogen-bond acceptors (Lipinski definition) is 19.